The molecule has 0 aromatic heterocycles. The average molecular weight is 409 g/mol. The molecule has 3 nitrogen and oxygen atoms in total. The Bertz CT molecular complexity index is 862. The van der Waals surface area contributed by atoms with Gasteiger partial charge in [0.15, 0.2) is 0 Å². The summed E-state index contributed by atoms with van der Waals surface area (Å²) in [7, 11) is 0. The lowest BCUT2D eigenvalue weighted by molar-refractivity contribution is 0.0581. The zero-order chi connectivity index (χ0) is 21.7. The lowest BCUT2D eigenvalue weighted by Gasteiger charge is -2.41. The van der Waals surface area contributed by atoms with Crippen molar-refractivity contribution < 1.29 is 9.18 Å². The quantitative estimate of drug-likeness (QED) is 0.607. The van der Waals surface area contributed by atoms with Crippen LogP contribution in [0.1, 0.15) is 50.0 Å². The molecule has 0 N–H and O–H groups in total. The van der Waals surface area contributed by atoms with E-state index in [0.29, 0.717) is 0 Å². The van der Waals surface area contributed by atoms with Gasteiger partial charge in [-0.3, -0.25) is 9.69 Å². The van der Waals surface area contributed by atoms with E-state index in [0.717, 1.165) is 43.7 Å². The molecule has 0 saturated carbocycles. The number of carbonyl (C=O) groups excluding carboxylic acids is 1. The van der Waals surface area contributed by atoms with Gasteiger partial charge >= 0.3 is 0 Å². The number of carbonyl (C=O) groups is 1. The Morgan fingerprint density at radius 2 is 1.60 bits per heavy atom. The van der Waals surface area contributed by atoms with Crippen LogP contribution in [0.25, 0.3) is 0 Å². The zero-order valence-electron chi connectivity index (χ0n) is 18.6. The minimum Gasteiger partial charge on any atom is -0.336 e. The first-order valence-corrected chi connectivity index (χ1v) is 10.8. The van der Waals surface area contributed by atoms with E-state index >= 15 is 0 Å². The molecule has 1 aliphatic heterocycles. The van der Waals surface area contributed by atoms with Crippen molar-refractivity contribution in [2.75, 3.05) is 26.2 Å². The Hall–Kier alpha value is -2.46. The van der Waals surface area contributed by atoms with Crippen molar-refractivity contribution in [3.63, 3.8) is 0 Å². The second kappa shape index (κ2) is 9.57. The highest BCUT2D eigenvalue weighted by Gasteiger charge is 2.31. The fourth-order valence-electron chi connectivity index (χ4n) is 4.24. The summed E-state index contributed by atoms with van der Waals surface area (Å²) in [6.45, 7) is 11.9. The monoisotopic (exact) mass is 408 g/mol. The topological polar surface area (TPSA) is 23.6 Å². The maximum Gasteiger partial charge on any atom is 0.253 e. The van der Waals surface area contributed by atoms with E-state index in [9.17, 15) is 9.18 Å². The van der Waals surface area contributed by atoms with Gasteiger partial charge in [-0.1, -0.05) is 55.8 Å². The van der Waals surface area contributed by atoms with Crippen LogP contribution in [0.2, 0.25) is 0 Å². The Balaban J connectivity index is 1.69. The van der Waals surface area contributed by atoms with Crippen LogP contribution >= 0.6 is 0 Å². The predicted molar refractivity (Wildman–Crippen MR) is 121 cm³/mol. The molecule has 2 aromatic carbocycles. The smallest absolute Gasteiger partial charge is 0.253 e. The number of hydrogen-bond acceptors (Lipinski definition) is 2. The second-order valence-corrected chi connectivity index (χ2v) is 9.10. The van der Waals surface area contributed by atoms with E-state index in [1.807, 2.05) is 47.4 Å². The van der Waals surface area contributed by atoms with Crippen LogP contribution in [0, 0.1) is 5.82 Å². The molecule has 1 atom stereocenters. The number of nitrogens with zero attached hydrogens (tertiary/aromatic N) is 2. The highest BCUT2D eigenvalue weighted by molar-refractivity contribution is 5.94. The average Bonchev–Trinajstić information content (AvgIpc) is 2.73. The minimum absolute atomic E-state index is 0.0820. The Labute approximate surface area is 180 Å². The van der Waals surface area contributed by atoms with Crippen LogP contribution < -0.4 is 0 Å². The zero-order valence-corrected chi connectivity index (χ0v) is 18.6. The Morgan fingerprint density at radius 3 is 2.17 bits per heavy atom. The fourth-order valence-corrected chi connectivity index (χ4v) is 4.24. The van der Waals surface area contributed by atoms with E-state index in [2.05, 4.69) is 38.7 Å². The lowest BCUT2D eigenvalue weighted by atomic mass is 9.78. The minimum atomic E-state index is -0.199. The van der Waals surface area contributed by atoms with Crippen molar-refractivity contribution in [3.8, 4) is 0 Å². The molecule has 1 saturated heterocycles. The molecule has 1 aliphatic rings. The summed E-state index contributed by atoms with van der Waals surface area (Å²) < 4.78 is 13.4. The molecule has 4 heteroatoms. The molecule has 2 aromatic rings. The summed E-state index contributed by atoms with van der Waals surface area (Å²) in [5, 5.41) is 0. The van der Waals surface area contributed by atoms with E-state index in [1.165, 1.54) is 5.57 Å². The standard InChI is InChI=1S/C26H33FN2O/c1-20(2)18-24(19-26(3,4)22-10-12-23(27)13-11-22)28-14-16-29(17-15-28)25(30)21-8-6-5-7-9-21/h5-13,18,24H,14-17,19H2,1-4H3. The number of halogens is 1. The van der Waals surface area contributed by atoms with Gasteiger partial charge in [0, 0.05) is 37.8 Å². The molecule has 160 valence electrons. The van der Waals surface area contributed by atoms with E-state index in [1.54, 1.807) is 12.1 Å². The molecule has 1 fully saturated rings. The normalized spacial score (nSPS) is 16.2. The van der Waals surface area contributed by atoms with Gasteiger partial charge in [-0.05, 0) is 55.5 Å². The van der Waals surface area contributed by atoms with Crippen molar-refractivity contribution in [2.24, 2.45) is 0 Å². The summed E-state index contributed by atoms with van der Waals surface area (Å²) >= 11 is 0. The predicted octanol–water partition coefficient (Wildman–Crippen LogP) is 5.29. The van der Waals surface area contributed by atoms with Crippen molar-refractivity contribution in [2.45, 2.75) is 45.6 Å². The highest BCUT2D eigenvalue weighted by Crippen LogP contribution is 2.31. The van der Waals surface area contributed by atoms with Gasteiger partial charge in [0.25, 0.3) is 5.91 Å². The van der Waals surface area contributed by atoms with Crippen molar-refractivity contribution >= 4 is 5.91 Å². The molecule has 3 rings (SSSR count). The first-order valence-electron chi connectivity index (χ1n) is 10.8. The number of benzene rings is 2. The van der Waals surface area contributed by atoms with Crippen molar-refractivity contribution in [3.05, 3.63) is 83.2 Å². The second-order valence-electron chi connectivity index (χ2n) is 9.10. The van der Waals surface area contributed by atoms with Crippen molar-refractivity contribution in [1.82, 2.24) is 9.80 Å². The molecule has 0 bridgehead atoms. The molecule has 0 aliphatic carbocycles. The molecular weight excluding hydrogens is 375 g/mol. The summed E-state index contributed by atoms with van der Waals surface area (Å²) in [5.74, 6) is -0.0877. The summed E-state index contributed by atoms with van der Waals surface area (Å²) in [6, 6.07) is 16.7. The SMILES string of the molecule is CC(C)=CC(CC(C)(C)c1ccc(F)cc1)N1CCN(C(=O)c2ccccc2)CC1. The Kier molecular flexibility index (Phi) is 7.09. The third-order valence-electron chi connectivity index (χ3n) is 5.96. The fraction of sp³-hybridized carbons (Fsp3) is 0.423. The number of amides is 1. The van der Waals surface area contributed by atoms with E-state index in [-0.39, 0.29) is 23.2 Å². The molecule has 30 heavy (non-hydrogen) atoms. The Morgan fingerprint density at radius 1 is 1.00 bits per heavy atom. The molecule has 1 unspecified atom stereocenters. The molecule has 1 heterocycles. The van der Waals surface area contributed by atoms with Crippen LogP contribution in [0.15, 0.2) is 66.2 Å². The summed E-state index contributed by atoms with van der Waals surface area (Å²) in [6.07, 6.45) is 3.27. The molecule has 1 amide bonds. The van der Waals surface area contributed by atoms with E-state index in [4.69, 9.17) is 0 Å². The number of piperazine rings is 1. The van der Waals surface area contributed by atoms with Gasteiger partial charge < -0.3 is 4.90 Å². The number of hydrogen-bond donors (Lipinski definition) is 0. The van der Waals surface area contributed by atoms with Gasteiger partial charge in [-0.2, -0.15) is 0 Å². The number of rotatable bonds is 6. The summed E-state index contributed by atoms with van der Waals surface area (Å²) in [4.78, 5) is 17.2. The van der Waals surface area contributed by atoms with Gasteiger partial charge in [0.05, 0.1) is 0 Å². The third-order valence-corrected chi connectivity index (χ3v) is 5.96. The molecule has 0 radical (unpaired) electrons. The largest absolute Gasteiger partial charge is 0.336 e. The van der Waals surface area contributed by atoms with Gasteiger partial charge in [-0.25, -0.2) is 4.39 Å². The summed E-state index contributed by atoms with van der Waals surface area (Å²) in [5.41, 5.74) is 3.11. The van der Waals surface area contributed by atoms with Crippen LogP contribution in [-0.4, -0.2) is 47.9 Å². The first-order chi connectivity index (χ1) is 14.3. The van der Waals surface area contributed by atoms with Gasteiger partial charge in [0.2, 0.25) is 0 Å². The van der Waals surface area contributed by atoms with Crippen molar-refractivity contribution in [1.29, 1.82) is 0 Å². The van der Waals surface area contributed by atoms with Crippen LogP contribution in [0.4, 0.5) is 4.39 Å². The van der Waals surface area contributed by atoms with Crippen LogP contribution in [0.5, 0.6) is 0 Å². The molecule has 0 spiro atoms. The maximum atomic E-state index is 13.4. The van der Waals surface area contributed by atoms with Gasteiger partial charge in [0.1, 0.15) is 5.82 Å². The number of allylic oxidation sites excluding steroid dienone is 1. The van der Waals surface area contributed by atoms with Gasteiger partial charge in [-0.15, -0.1) is 0 Å². The first kappa shape index (κ1) is 22.2. The molecular formula is C26H33FN2O. The van der Waals surface area contributed by atoms with Crippen LogP contribution in [0.3, 0.4) is 0 Å². The van der Waals surface area contributed by atoms with E-state index < -0.39 is 0 Å². The third kappa shape index (κ3) is 5.57. The highest BCUT2D eigenvalue weighted by atomic mass is 19.1. The lowest BCUT2D eigenvalue weighted by Crippen LogP contribution is -2.52. The van der Waals surface area contributed by atoms with Crippen LogP contribution in [-0.2, 0) is 5.41 Å². The maximum absolute atomic E-state index is 13.4.